The number of aromatic nitrogens is 4. The molecule has 2 aromatic heterocycles. The van der Waals surface area contributed by atoms with Crippen molar-refractivity contribution in [1.82, 2.24) is 19.7 Å². The Morgan fingerprint density at radius 1 is 1.09 bits per heavy atom. The minimum atomic E-state index is -4.79. The zero-order chi connectivity index (χ0) is 24.3. The molecule has 0 amide bonds. The first-order valence-corrected chi connectivity index (χ1v) is 10.6. The maximum Gasteiger partial charge on any atom is 0.435 e. The van der Waals surface area contributed by atoms with Crippen LogP contribution in [0.2, 0.25) is 5.02 Å². The minimum Gasteiger partial charge on any atom is -0.388 e. The first kappa shape index (κ1) is 24.5. The van der Waals surface area contributed by atoms with Crippen molar-refractivity contribution >= 4 is 11.6 Å². The SMILES string of the molecule is N[C@@H]1COC(c2ccccc2)OCCOC(c2ncnn2-c2cc(Cl)cnc2C(F)(F)F)C1O. The van der Waals surface area contributed by atoms with E-state index in [0.717, 1.165) is 28.8 Å². The Kier molecular flexibility index (Phi) is 7.45. The highest BCUT2D eigenvalue weighted by atomic mass is 35.5. The molecule has 0 spiro atoms. The van der Waals surface area contributed by atoms with Crippen molar-refractivity contribution in [3.05, 3.63) is 71.0 Å². The first-order valence-electron chi connectivity index (χ1n) is 10.2. The predicted octanol–water partition coefficient (Wildman–Crippen LogP) is 2.83. The normalized spacial score (nSPS) is 24.6. The fourth-order valence-corrected chi connectivity index (χ4v) is 3.62. The fourth-order valence-electron chi connectivity index (χ4n) is 3.47. The van der Waals surface area contributed by atoms with Gasteiger partial charge in [-0.2, -0.15) is 18.3 Å². The number of aliphatic hydroxyl groups excluding tert-OH is 1. The summed E-state index contributed by atoms with van der Waals surface area (Å²) in [6.45, 7) is -0.0894. The van der Waals surface area contributed by atoms with Crippen LogP contribution in [0, 0.1) is 0 Å². The van der Waals surface area contributed by atoms with Gasteiger partial charge in [0.1, 0.15) is 18.5 Å². The summed E-state index contributed by atoms with van der Waals surface area (Å²) in [4.78, 5) is 7.44. The van der Waals surface area contributed by atoms with E-state index >= 15 is 0 Å². The van der Waals surface area contributed by atoms with Crippen molar-refractivity contribution in [3.8, 4) is 5.69 Å². The van der Waals surface area contributed by atoms with Crippen LogP contribution >= 0.6 is 11.6 Å². The van der Waals surface area contributed by atoms with E-state index in [1.165, 1.54) is 0 Å². The number of nitrogens with zero attached hydrogens (tertiary/aromatic N) is 4. The zero-order valence-electron chi connectivity index (χ0n) is 17.6. The number of alkyl halides is 3. The number of ether oxygens (including phenoxy) is 3. The van der Waals surface area contributed by atoms with Gasteiger partial charge in [-0.25, -0.2) is 14.6 Å². The van der Waals surface area contributed by atoms with Crippen molar-refractivity contribution in [2.75, 3.05) is 19.8 Å². The lowest BCUT2D eigenvalue weighted by Crippen LogP contribution is -2.45. The highest BCUT2D eigenvalue weighted by molar-refractivity contribution is 6.30. The molecule has 3 N–H and O–H groups in total. The second-order valence-electron chi connectivity index (χ2n) is 7.44. The maximum absolute atomic E-state index is 13.6. The molecular weight excluding hydrogens is 479 g/mol. The van der Waals surface area contributed by atoms with Crippen molar-refractivity contribution < 1.29 is 32.5 Å². The van der Waals surface area contributed by atoms with E-state index < -0.39 is 42.1 Å². The molecule has 34 heavy (non-hydrogen) atoms. The smallest absolute Gasteiger partial charge is 0.388 e. The van der Waals surface area contributed by atoms with Gasteiger partial charge in [-0.3, -0.25) is 0 Å². The molecule has 0 bridgehead atoms. The summed E-state index contributed by atoms with van der Waals surface area (Å²) in [5, 5.41) is 14.8. The highest BCUT2D eigenvalue weighted by Crippen LogP contribution is 2.35. The molecule has 1 aromatic carbocycles. The summed E-state index contributed by atoms with van der Waals surface area (Å²) in [5.74, 6) is -0.113. The van der Waals surface area contributed by atoms with Gasteiger partial charge in [0.2, 0.25) is 0 Å². The third-order valence-corrected chi connectivity index (χ3v) is 5.28. The molecular formula is C21H21ClF3N5O4. The summed E-state index contributed by atoms with van der Waals surface area (Å²) in [7, 11) is 0. The third-order valence-electron chi connectivity index (χ3n) is 5.07. The van der Waals surface area contributed by atoms with E-state index in [4.69, 9.17) is 31.5 Å². The zero-order valence-corrected chi connectivity index (χ0v) is 18.4. The Morgan fingerprint density at radius 2 is 1.82 bits per heavy atom. The molecule has 1 saturated heterocycles. The van der Waals surface area contributed by atoms with Crippen LogP contribution in [0.3, 0.4) is 0 Å². The number of nitrogens with two attached hydrogens (primary N) is 1. The lowest BCUT2D eigenvalue weighted by atomic mass is 10.1. The van der Waals surface area contributed by atoms with Crippen molar-refractivity contribution in [1.29, 1.82) is 0 Å². The topological polar surface area (TPSA) is 118 Å². The standard InChI is InChI=1S/C21H21ClF3N5O4/c22-13-8-15(18(27-9-13)21(23,24)25)30-19(28-11-29-30)17-16(31)14(26)10-34-20(33-7-6-32-17)12-4-2-1-3-5-12/h1-5,8-9,11,14,16-17,20,31H,6-7,10,26H2/t14-,16?,17?,20?/m1/s1. The van der Waals surface area contributed by atoms with Gasteiger partial charge in [0, 0.05) is 11.8 Å². The molecule has 3 unspecified atom stereocenters. The van der Waals surface area contributed by atoms with Crippen LogP contribution in [0.4, 0.5) is 13.2 Å². The van der Waals surface area contributed by atoms with Gasteiger partial charge in [0.15, 0.2) is 17.8 Å². The Morgan fingerprint density at radius 3 is 2.56 bits per heavy atom. The molecule has 0 saturated carbocycles. The van der Waals surface area contributed by atoms with Gasteiger partial charge in [-0.15, -0.1) is 0 Å². The molecule has 1 aliphatic heterocycles. The molecule has 4 atom stereocenters. The van der Waals surface area contributed by atoms with Gasteiger partial charge in [-0.1, -0.05) is 41.9 Å². The van der Waals surface area contributed by atoms with Crippen molar-refractivity contribution in [2.45, 2.75) is 30.7 Å². The molecule has 182 valence electrons. The van der Waals surface area contributed by atoms with Crippen LogP contribution in [0.5, 0.6) is 0 Å². The van der Waals surface area contributed by atoms with E-state index in [1.54, 1.807) is 0 Å². The molecule has 1 aliphatic rings. The molecule has 9 nitrogen and oxygen atoms in total. The molecule has 1 fully saturated rings. The molecule has 0 radical (unpaired) electrons. The lowest BCUT2D eigenvalue weighted by Gasteiger charge is -2.30. The van der Waals surface area contributed by atoms with E-state index in [1.807, 2.05) is 30.3 Å². The summed E-state index contributed by atoms with van der Waals surface area (Å²) in [5.41, 5.74) is 5.20. The Hall–Kier alpha value is -2.61. The summed E-state index contributed by atoms with van der Waals surface area (Å²) < 4.78 is 58.9. The molecule has 3 heterocycles. The minimum absolute atomic E-state index is 0.0338. The van der Waals surface area contributed by atoms with E-state index in [-0.39, 0.29) is 30.7 Å². The summed E-state index contributed by atoms with van der Waals surface area (Å²) in [6.07, 6.45) is -6.22. The molecule has 0 aliphatic carbocycles. The number of rotatable bonds is 3. The van der Waals surface area contributed by atoms with Crippen LogP contribution in [0.15, 0.2) is 48.9 Å². The average Bonchev–Trinajstić information content (AvgIpc) is 3.29. The number of hydrogen-bond acceptors (Lipinski definition) is 8. The van der Waals surface area contributed by atoms with E-state index in [2.05, 4.69) is 15.1 Å². The van der Waals surface area contributed by atoms with Crippen LogP contribution in [-0.4, -0.2) is 56.8 Å². The van der Waals surface area contributed by atoms with Gasteiger partial charge in [0.25, 0.3) is 0 Å². The second-order valence-corrected chi connectivity index (χ2v) is 7.88. The fraction of sp³-hybridized carbons (Fsp3) is 0.381. The molecule has 4 rings (SSSR count). The monoisotopic (exact) mass is 499 g/mol. The Labute approximate surface area is 197 Å². The van der Waals surface area contributed by atoms with Gasteiger partial charge in [0.05, 0.1) is 36.6 Å². The second kappa shape index (κ2) is 10.3. The largest absolute Gasteiger partial charge is 0.435 e. The van der Waals surface area contributed by atoms with E-state index in [0.29, 0.717) is 0 Å². The van der Waals surface area contributed by atoms with Gasteiger partial charge >= 0.3 is 6.18 Å². The number of hydrogen-bond donors (Lipinski definition) is 2. The Balaban J connectivity index is 1.62. The summed E-state index contributed by atoms with van der Waals surface area (Å²) in [6, 6.07) is 9.22. The number of aliphatic hydroxyl groups is 1. The Bertz CT molecular complexity index is 1100. The van der Waals surface area contributed by atoms with Crippen molar-refractivity contribution in [3.63, 3.8) is 0 Å². The van der Waals surface area contributed by atoms with Crippen LogP contribution in [0.25, 0.3) is 5.69 Å². The number of benzene rings is 1. The number of halogens is 4. The van der Waals surface area contributed by atoms with Crippen LogP contribution < -0.4 is 5.73 Å². The highest BCUT2D eigenvalue weighted by Gasteiger charge is 2.39. The van der Waals surface area contributed by atoms with E-state index in [9.17, 15) is 18.3 Å². The molecule has 3 aromatic rings. The van der Waals surface area contributed by atoms with Crippen molar-refractivity contribution in [2.24, 2.45) is 5.73 Å². The maximum atomic E-state index is 13.6. The van der Waals surface area contributed by atoms with Crippen LogP contribution in [0.1, 0.15) is 29.5 Å². The molecule has 13 heteroatoms. The number of pyridine rings is 1. The van der Waals surface area contributed by atoms with Gasteiger partial charge < -0.3 is 25.1 Å². The first-order chi connectivity index (χ1) is 16.3. The lowest BCUT2D eigenvalue weighted by molar-refractivity contribution is -0.185. The van der Waals surface area contributed by atoms with Gasteiger partial charge in [-0.05, 0) is 6.07 Å². The average molecular weight is 500 g/mol. The third kappa shape index (κ3) is 5.37. The quantitative estimate of drug-likeness (QED) is 0.565. The summed E-state index contributed by atoms with van der Waals surface area (Å²) >= 11 is 5.90. The van der Waals surface area contributed by atoms with Crippen LogP contribution in [-0.2, 0) is 20.4 Å². The predicted molar refractivity (Wildman–Crippen MR) is 113 cm³/mol.